The molecular weight excluding hydrogens is 232 g/mol. The van der Waals surface area contributed by atoms with Crippen molar-refractivity contribution in [1.29, 1.82) is 0 Å². The minimum absolute atomic E-state index is 0.0561. The molecule has 0 aliphatic rings. The summed E-state index contributed by atoms with van der Waals surface area (Å²) in [6, 6.07) is 9.58. The van der Waals surface area contributed by atoms with Gasteiger partial charge in [0.2, 0.25) is 11.9 Å². The summed E-state index contributed by atoms with van der Waals surface area (Å²) in [5, 5.41) is 17.2. The predicted molar refractivity (Wildman–Crippen MR) is 66.3 cm³/mol. The summed E-state index contributed by atoms with van der Waals surface area (Å²) in [5.74, 6) is 0.492. The molecule has 7 nitrogen and oxygen atoms in total. The average molecular weight is 246 g/mol. The lowest BCUT2D eigenvalue weighted by Gasteiger charge is -2.06. The number of anilines is 1. The second-order valence-corrected chi connectivity index (χ2v) is 3.66. The van der Waals surface area contributed by atoms with Crippen molar-refractivity contribution < 1.29 is 4.79 Å². The van der Waals surface area contributed by atoms with Gasteiger partial charge in [0, 0.05) is 20.0 Å². The van der Waals surface area contributed by atoms with E-state index in [-0.39, 0.29) is 5.91 Å². The smallest absolute Gasteiger partial charge is 0.247 e. The largest absolute Gasteiger partial charge is 0.355 e. The molecule has 7 heteroatoms. The Morgan fingerprint density at radius 3 is 2.78 bits per heavy atom. The molecule has 0 saturated carbocycles. The number of rotatable bonds is 5. The van der Waals surface area contributed by atoms with Gasteiger partial charge in [-0.1, -0.05) is 23.3 Å². The molecule has 0 atom stereocenters. The third-order valence-electron chi connectivity index (χ3n) is 2.25. The molecule has 2 N–H and O–H groups in total. The summed E-state index contributed by atoms with van der Waals surface area (Å²) < 4.78 is 1.60. The fourth-order valence-electron chi connectivity index (χ4n) is 1.45. The fraction of sp³-hybridized carbons (Fsp3) is 0.273. The Hall–Kier alpha value is -2.44. The number of amides is 1. The molecule has 2 aromatic rings. The van der Waals surface area contributed by atoms with Crippen LogP contribution in [0.25, 0.3) is 5.69 Å². The molecule has 0 fully saturated rings. The molecule has 0 aliphatic carbocycles. The van der Waals surface area contributed by atoms with E-state index in [1.807, 2.05) is 30.3 Å². The normalized spacial score (nSPS) is 10.1. The maximum Gasteiger partial charge on any atom is 0.247 e. The van der Waals surface area contributed by atoms with E-state index in [0.29, 0.717) is 19.0 Å². The van der Waals surface area contributed by atoms with Gasteiger partial charge in [0.15, 0.2) is 0 Å². The summed E-state index contributed by atoms with van der Waals surface area (Å²) in [6.45, 7) is 2.57. The molecule has 1 amide bonds. The standard InChI is InChI=1S/C11H14N6O/c1-9(18)12-7-8-13-11-14-15-16-17(11)10-5-3-2-4-6-10/h2-6H,7-8H2,1H3,(H,12,18)(H,13,14,16). The number of hydrogen-bond acceptors (Lipinski definition) is 5. The first-order valence-corrected chi connectivity index (χ1v) is 5.59. The third-order valence-corrected chi connectivity index (χ3v) is 2.25. The molecule has 0 saturated heterocycles. The highest BCUT2D eigenvalue weighted by atomic mass is 16.1. The summed E-state index contributed by atoms with van der Waals surface area (Å²) in [5.41, 5.74) is 0.879. The molecule has 94 valence electrons. The van der Waals surface area contributed by atoms with E-state index in [1.165, 1.54) is 6.92 Å². The lowest BCUT2D eigenvalue weighted by atomic mass is 10.3. The van der Waals surface area contributed by atoms with Gasteiger partial charge in [-0.25, -0.2) is 0 Å². The average Bonchev–Trinajstić information content (AvgIpc) is 2.84. The Balaban J connectivity index is 1.98. The van der Waals surface area contributed by atoms with Gasteiger partial charge in [-0.2, -0.15) is 4.68 Å². The lowest BCUT2D eigenvalue weighted by Crippen LogP contribution is -2.26. The molecular formula is C11H14N6O. The maximum absolute atomic E-state index is 10.7. The first-order valence-electron chi connectivity index (χ1n) is 5.59. The SMILES string of the molecule is CC(=O)NCCNc1nnnn1-c1ccccc1. The van der Waals surface area contributed by atoms with Crippen LogP contribution in [-0.2, 0) is 4.79 Å². The fourth-order valence-corrected chi connectivity index (χ4v) is 1.45. The molecule has 2 rings (SSSR count). The van der Waals surface area contributed by atoms with Crippen molar-refractivity contribution in [2.24, 2.45) is 0 Å². The van der Waals surface area contributed by atoms with Gasteiger partial charge in [-0.3, -0.25) is 4.79 Å². The van der Waals surface area contributed by atoms with E-state index in [9.17, 15) is 4.79 Å². The van der Waals surface area contributed by atoms with Crippen LogP contribution in [0.5, 0.6) is 0 Å². The number of nitrogens with one attached hydrogen (secondary N) is 2. The summed E-state index contributed by atoms with van der Waals surface area (Å²) in [4.78, 5) is 10.7. The molecule has 0 unspecified atom stereocenters. The number of benzene rings is 1. The number of tetrazole rings is 1. The zero-order valence-corrected chi connectivity index (χ0v) is 10.00. The van der Waals surface area contributed by atoms with Crippen LogP contribution >= 0.6 is 0 Å². The summed E-state index contributed by atoms with van der Waals surface area (Å²) in [6.07, 6.45) is 0. The number of para-hydroxylation sites is 1. The molecule has 1 aromatic heterocycles. The van der Waals surface area contributed by atoms with Crippen molar-refractivity contribution in [3.8, 4) is 5.69 Å². The monoisotopic (exact) mass is 246 g/mol. The van der Waals surface area contributed by atoms with Crippen molar-refractivity contribution in [2.45, 2.75) is 6.92 Å². The second-order valence-electron chi connectivity index (χ2n) is 3.66. The zero-order chi connectivity index (χ0) is 12.8. The van der Waals surface area contributed by atoms with E-state index in [1.54, 1.807) is 4.68 Å². The molecule has 0 aliphatic heterocycles. The van der Waals surface area contributed by atoms with Crippen molar-refractivity contribution in [3.63, 3.8) is 0 Å². The van der Waals surface area contributed by atoms with Gasteiger partial charge in [0.25, 0.3) is 0 Å². The highest BCUT2D eigenvalue weighted by Gasteiger charge is 2.06. The molecule has 0 bridgehead atoms. The first-order chi connectivity index (χ1) is 8.77. The Morgan fingerprint density at radius 2 is 2.06 bits per heavy atom. The van der Waals surface area contributed by atoms with Crippen LogP contribution in [0, 0.1) is 0 Å². The highest BCUT2D eigenvalue weighted by Crippen LogP contribution is 2.09. The van der Waals surface area contributed by atoms with Crippen LogP contribution < -0.4 is 10.6 Å². The minimum Gasteiger partial charge on any atom is -0.355 e. The second kappa shape index (κ2) is 5.76. The number of carbonyl (C=O) groups is 1. The van der Waals surface area contributed by atoms with Crippen molar-refractivity contribution in [1.82, 2.24) is 25.5 Å². The highest BCUT2D eigenvalue weighted by molar-refractivity contribution is 5.72. The molecule has 1 heterocycles. The van der Waals surface area contributed by atoms with Crippen LogP contribution in [0.3, 0.4) is 0 Å². The van der Waals surface area contributed by atoms with Gasteiger partial charge in [-0.05, 0) is 22.6 Å². The predicted octanol–water partition coefficient (Wildman–Crippen LogP) is 0.210. The lowest BCUT2D eigenvalue weighted by molar-refractivity contribution is -0.118. The van der Waals surface area contributed by atoms with E-state index in [4.69, 9.17) is 0 Å². The van der Waals surface area contributed by atoms with Crippen molar-refractivity contribution in [3.05, 3.63) is 30.3 Å². The van der Waals surface area contributed by atoms with Gasteiger partial charge >= 0.3 is 0 Å². The Bertz CT molecular complexity index is 509. The summed E-state index contributed by atoms with van der Waals surface area (Å²) in [7, 11) is 0. The van der Waals surface area contributed by atoms with Crippen LogP contribution in [0.15, 0.2) is 30.3 Å². The van der Waals surface area contributed by atoms with Gasteiger partial charge < -0.3 is 10.6 Å². The van der Waals surface area contributed by atoms with Gasteiger partial charge in [0.05, 0.1) is 5.69 Å². The summed E-state index contributed by atoms with van der Waals surface area (Å²) >= 11 is 0. The van der Waals surface area contributed by atoms with E-state index >= 15 is 0 Å². The van der Waals surface area contributed by atoms with Gasteiger partial charge in [-0.15, -0.1) is 0 Å². The Labute approximate surface area is 104 Å². The molecule has 0 radical (unpaired) electrons. The maximum atomic E-state index is 10.7. The van der Waals surface area contributed by atoms with E-state index in [2.05, 4.69) is 26.2 Å². The molecule has 1 aromatic carbocycles. The third kappa shape index (κ3) is 3.03. The molecule has 18 heavy (non-hydrogen) atoms. The van der Waals surface area contributed by atoms with Crippen LogP contribution in [0.2, 0.25) is 0 Å². The number of carbonyl (C=O) groups excluding carboxylic acids is 1. The quantitative estimate of drug-likeness (QED) is 0.737. The van der Waals surface area contributed by atoms with Crippen molar-refractivity contribution >= 4 is 11.9 Å². The van der Waals surface area contributed by atoms with Crippen LogP contribution in [0.1, 0.15) is 6.92 Å². The number of aromatic nitrogens is 4. The van der Waals surface area contributed by atoms with Crippen LogP contribution in [-0.4, -0.2) is 39.2 Å². The van der Waals surface area contributed by atoms with E-state index in [0.717, 1.165) is 5.69 Å². The number of nitrogens with zero attached hydrogens (tertiary/aromatic N) is 4. The van der Waals surface area contributed by atoms with E-state index < -0.39 is 0 Å². The minimum atomic E-state index is -0.0561. The Morgan fingerprint density at radius 1 is 1.28 bits per heavy atom. The zero-order valence-electron chi connectivity index (χ0n) is 10.00. The first kappa shape index (κ1) is 12.0. The van der Waals surface area contributed by atoms with Crippen molar-refractivity contribution in [2.75, 3.05) is 18.4 Å². The molecule has 0 spiro atoms. The Kier molecular flexibility index (Phi) is 3.85. The topological polar surface area (TPSA) is 84.7 Å². The van der Waals surface area contributed by atoms with Crippen LogP contribution in [0.4, 0.5) is 5.95 Å². The number of hydrogen-bond donors (Lipinski definition) is 2. The van der Waals surface area contributed by atoms with Gasteiger partial charge in [0.1, 0.15) is 0 Å².